The average molecular weight is 465 g/mol. The van der Waals surface area contributed by atoms with Gasteiger partial charge in [-0.25, -0.2) is 4.79 Å². The topological polar surface area (TPSA) is 74.6 Å². The van der Waals surface area contributed by atoms with E-state index in [1.807, 2.05) is 6.07 Å². The molecule has 1 aliphatic carbocycles. The Kier molecular flexibility index (Phi) is 10.8. The molecule has 4 heteroatoms. The van der Waals surface area contributed by atoms with E-state index < -0.39 is 12.1 Å². The number of ketones is 1. The van der Waals surface area contributed by atoms with Crippen molar-refractivity contribution in [3.63, 3.8) is 0 Å². The molecule has 2 aromatic carbocycles. The summed E-state index contributed by atoms with van der Waals surface area (Å²) < 4.78 is 0. The lowest BCUT2D eigenvalue weighted by Gasteiger charge is -2.24. The van der Waals surface area contributed by atoms with Gasteiger partial charge in [0.15, 0.2) is 5.78 Å². The van der Waals surface area contributed by atoms with Gasteiger partial charge in [0.05, 0.1) is 11.7 Å². The first-order valence-electron chi connectivity index (χ1n) is 13.2. The summed E-state index contributed by atoms with van der Waals surface area (Å²) in [4.78, 5) is 24.9. The molecule has 1 unspecified atom stereocenters. The smallest absolute Gasteiger partial charge is 0.336 e. The van der Waals surface area contributed by atoms with Gasteiger partial charge in [-0.2, -0.15) is 0 Å². The zero-order valence-corrected chi connectivity index (χ0v) is 20.4. The van der Waals surface area contributed by atoms with Gasteiger partial charge in [0.25, 0.3) is 0 Å². The van der Waals surface area contributed by atoms with E-state index in [0.29, 0.717) is 11.1 Å². The Bertz CT molecular complexity index is 889. The van der Waals surface area contributed by atoms with Gasteiger partial charge < -0.3 is 10.2 Å². The van der Waals surface area contributed by atoms with Crippen LogP contribution in [0.25, 0.3) is 0 Å². The van der Waals surface area contributed by atoms with Gasteiger partial charge in [0.1, 0.15) is 0 Å². The minimum absolute atomic E-state index is 0.0393. The van der Waals surface area contributed by atoms with Gasteiger partial charge in [-0.3, -0.25) is 4.79 Å². The van der Waals surface area contributed by atoms with Gasteiger partial charge in [-0.05, 0) is 36.5 Å². The number of rotatable bonds is 5. The Labute approximate surface area is 204 Å². The molecule has 184 valence electrons. The molecule has 0 aromatic heterocycles. The lowest BCUT2D eigenvalue weighted by Crippen LogP contribution is -2.16. The highest BCUT2D eigenvalue weighted by molar-refractivity contribution is 6.14. The van der Waals surface area contributed by atoms with Crippen molar-refractivity contribution in [1.29, 1.82) is 0 Å². The normalized spacial score (nSPS) is 18.4. The van der Waals surface area contributed by atoms with Crippen LogP contribution >= 0.6 is 0 Å². The van der Waals surface area contributed by atoms with Gasteiger partial charge in [0, 0.05) is 11.1 Å². The number of aliphatic hydroxyl groups is 1. The highest BCUT2D eigenvalue weighted by atomic mass is 16.4. The molecule has 0 amide bonds. The molecule has 2 N–H and O–H groups in total. The number of carbonyl (C=O) groups excluding carboxylic acids is 1. The monoisotopic (exact) mass is 464 g/mol. The molecule has 1 atom stereocenters. The number of aromatic carboxylic acids is 1. The van der Waals surface area contributed by atoms with Crippen LogP contribution < -0.4 is 0 Å². The van der Waals surface area contributed by atoms with Crippen LogP contribution in [0.4, 0.5) is 0 Å². The standard InChI is InChI=1S/C30H40O4/c31-28(23-16-12-9-7-5-3-1-2-4-6-8-10-13-17-23)25-20-21-26(27(22-25)30(33)34)29(32)24-18-14-11-15-19-24/h11,14-15,18-23,28,31H,1-10,12-13,16-17H2,(H,33,34). The zero-order chi connectivity index (χ0) is 24.2. The second-order valence-electron chi connectivity index (χ2n) is 9.83. The van der Waals surface area contributed by atoms with E-state index in [0.717, 1.165) is 25.7 Å². The van der Waals surface area contributed by atoms with Crippen molar-refractivity contribution >= 4 is 11.8 Å². The van der Waals surface area contributed by atoms with Crippen molar-refractivity contribution in [3.05, 3.63) is 70.8 Å². The third-order valence-electron chi connectivity index (χ3n) is 7.24. The number of carbonyl (C=O) groups is 2. The summed E-state index contributed by atoms with van der Waals surface area (Å²) in [6, 6.07) is 13.6. The quantitative estimate of drug-likeness (QED) is 0.444. The summed E-state index contributed by atoms with van der Waals surface area (Å²) in [5.41, 5.74) is 1.18. The molecule has 0 heterocycles. The number of hydrogen-bond donors (Lipinski definition) is 2. The summed E-state index contributed by atoms with van der Waals surface area (Å²) >= 11 is 0. The molecule has 2 aromatic rings. The number of carboxylic acids is 1. The first-order chi connectivity index (χ1) is 16.6. The second-order valence-corrected chi connectivity index (χ2v) is 9.83. The molecule has 0 spiro atoms. The minimum atomic E-state index is -1.14. The predicted molar refractivity (Wildman–Crippen MR) is 136 cm³/mol. The van der Waals surface area contributed by atoms with Crippen LogP contribution in [0.2, 0.25) is 0 Å². The van der Waals surface area contributed by atoms with Crippen LogP contribution in [0.1, 0.15) is 128 Å². The predicted octanol–water partition coefficient (Wildman–Crippen LogP) is 7.74. The number of aliphatic hydroxyl groups excluding tert-OH is 1. The second kappa shape index (κ2) is 14.1. The van der Waals surface area contributed by atoms with Gasteiger partial charge in [0.2, 0.25) is 0 Å². The van der Waals surface area contributed by atoms with Crippen molar-refractivity contribution in [2.24, 2.45) is 5.92 Å². The van der Waals surface area contributed by atoms with E-state index in [-0.39, 0.29) is 22.8 Å². The fourth-order valence-electron chi connectivity index (χ4n) is 5.18. The first kappa shape index (κ1) is 26.2. The molecule has 1 aliphatic rings. The Balaban J connectivity index is 1.75. The fraction of sp³-hybridized carbons (Fsp3) is 0.533. The summed E-state index contributed by atoms with van der Waals surface area (Å²) in [5, 5.41) is 21.1. The molecule has 0 radical (unpaired) electrons. The molecule has 3 rings (SSSR count). The Morgan fingerprint density at radius 3 is 1.68 bits per heavy atom. The Morgan fingerprint density at radius 1 is 0.676 bits per heavy atom. The maximum absolute atomic E-state index is 12.9. The molecular formula is C30H40O4. The third-order valence-corrected chi connectivity index (χ3v) is 7.24. The van der Waals surface area contributed by atoms with Gasteiger partial charge >= 0.3 is 5.97 Å². The van der Waals surface area contributed by atoms with Gasteiger partial charge in [-0.1, -0.05) is 113 Å². The van der Waals surface area contributed by atoms with E-state index in [9.17, 15) is 19.8 Å². The van der Waals surface area contributed by atoms with Crippen LogP contribution in [0.3, 0.4) is 0 Å². The van der Waals surface area contributed by atoms with Crippen LogP contribution in [0.15, 0.2) is 48.5 Å². The summed E-state index contributed by atoms with van der Waals surface area (Å²) in [6.45, 7) is 0. The van der Waals surface area contributed by atoms with Crippen LogP contribution in [-0.4, -0.2) is 22.0 Å². The SMILES string of the molecule is O=C(O)c1cc(C(O)C2CCCCCCCCCCCCCC2)ccc1C(=O)c1ccccc1. The number of carboxylic acid groups (broad SMARTS) is 1. The molecule has 1 fully saturated rings. The van der Waals surface area contributed by atoms with Crippen molar-refractivity contribution in [1.82, 2.24) is 0 Å². The van der Waals surface area contributed by atoms with E-state index in [4.69, 9.17) is 0 Å². The third kappa shape index (κ3) is 7.80. The van der Waals surface area contributed by atoms with Crippen LogP contribution in [-0.2, 0) is 0 Å². The number of benzene rings is 2. The van der Waals surface area contributed by atoms with Crippen molar-refractivity contribution < 1.29 is 19.8 Å². The Morgan fingerprint density at radius 2 is 1.18 bits per heavy atom. The maximum Gasteiger partial charge on any atom is 0.336 e. The van der Waals surface area contributed by atoms with E-state index in [1.54, 1.807) is 36.4 Å². The molecular weight excluding hydrogens is 424 g/mol. The lowest BCUT2D eigenvalue weighted by molar-refractivity contribution is 0.0691. The van der Waals surface area contributed by atoms with Crippen molar-refractivity contribution in [3.8, 4) is 0 Å². The largest absolute Gasteiger partial charge is 0.478 e. The van der Waals surface area contributed by atoms with Crippen LogP contribution in [0.5, 0.6) is 0 Å². The minimum Gasteiger partial charge on any atom is -0.478 e. The molecule has 0 saturated heterocycles. The number of hydrogen-bond acceptors (Lipinski definition) is 3. The van der Waals surface area contributed by atoms with E-state index >= 15 is 0 Å². The molecule has 4 nitrogen and oxygen atoms in total. The molecule has 1 saturated carbocycles. The van der Waals surface area contributed by atoms with Crippen molar-refractivity contribution in [2.75, 3.05) is 0 Å². The fourth-order valence-corrected chi connectivity index (χ4v) is 5.18. The summed E-state index contributed by atoms with van der Waals surface area (Å²) in [6.07, 6.45) is 16.2. The lowest BCUT2D eigenvalue weighted by atomic mass is 9.85. The highest BCUT2D eigenvalue weighted by Crippen LogP contribution is 2.33. The average Bonchev–Trinajstić information content (AvgIpc) is 2.87. The van der Waals surface area contributed by atoms with E-state index in [2.05, 4.69) is 0 Å². The maximum atomic E-state index is 12.9. The van der Waals surface area contributed by atoms with Crippen LogP contribution in [0, 0.1) is 5.92 Å². The highest BCUT2D eigenvalue weighted by Gasteiger charge is 2.24. The Hall–Kier alpha value is -2.46. The molecule has 34 heavy (non-hydrogen) atoms. The first-order valence-corrected chi connectivity index (χ1v) is 13.2. The summed E-state index contributed by atoms with van der Waals surface area (Å²) in [5.74, 6) is -1.34. The molecule has 0 aliphatic heterocycles. The zero-order valence-electron chi connectivity index (χ0n) is 20.4. The van der Waals surface area contributed by atoms with Gasteiger partial charge in [-0.15, -0.1) is 0 Å². The van der Waals surface area contributed by atoms with Crippen molar-refractivity contribution in [2.45, 2.75) is 96.0 Å². The summed E-state index contributed by atoms with van der Waals surface area (Å²) in [7, 11) is 0. The molecule has 0 bridgehead atoms. The van der Waals surface area contributed by atoms with E-state index in [1.165, 1.54) is 70.3 Å².